The van der Waals surface area contributed by atoms with Crippen molar-refractivity contribution in [2.45, 2.75) is 39.3 Å². The fraction of sp³-hybridized carbons (Fsp3) is 0.667. The average Bonchev–Trinajstić information content (AvgIpc) is 2.41. The number of pyridine rings is 1. The van der Waals surface area contributed by atoms with Crippen molar-refractivity contribution in [1.82, 2.24) is 15.2 Å². The zero-order valence-corrected chi connectivity index (χ0v) is 11.8. The predicted octanol–water partition coefficient (Wildman–Crippen LogP) is 2.21. The Morgan fingerprint density at radius 3 is 2.78 bits per heavy atom. The second-order valence-corrected chi connectivity index (χ2v) is 5.46. The maximum atomic E-state index is 4.49. The van der Waals surface area contributed by atoms with Gasteiger partial charge in [-0.05, 0) is 64.4 Å². The van der Waals surface area contributed by atoms with Gasteiger partial charge in [0, 0.05) is 18.8 Å². The van der Waals surface area contributed by atoms with E-state index in [-0.39, 0.29) is 0 Å². The van der Waals surface area contributed by atoms with E-state index in [4.69, 9.17) is 0 Å². The summed E-state index contributed by atoms with van der Waals surface area (Å²) in [5.74, 6) is 0.830. The molecule has 1 aliphatic rings. The first-order valence-electron chi connectivity index (χ1n) is 7.01. The molecule has 2 heterocycles. The van der Waals surface area contributed by atoms with Crippen LogP contribution in [0, 0.1) is 12.8 Å². The van der Waals surface area contributed by atoms with Gasteiger partial charge in [0.1, 0.15) is 0 Å². The van der Waals surface area contributed by atoms with E-state index >= 15 is 0 Å². The maximum Gasteiger partial charge on any atom is 0.0573 e. The third-order valence-electron chi connectivity index (χ3n) is 4.29. The summed E-state index contributed by atoms with van der Waals surface area (Å²) in [6.07, 6.45) is 4.50. The van der Waals surface area contributed by atoms with Crippen molar-refractivity contribution >= 4 is 0 Å². The third-order valence-corrected chi connectivity index (χ3v) is 4.29. The van der Waals surface area contributed by atoms with Gasteiger partial charge in [-0.15, -0.1) is 0 Å². The van der Waals surface area contributed by atoms with Crippen LogP contribution < -0.4 is 5.32 Å². The lowest BCUT2D eigenvalue weighted by molar-refractivity contribution is 0.157. The average molecular weight is 247 g/mol. The first-order valence-corrected chi connectivity index (χ1v) is 7.01. The molecule has 1 fully saturated rings. The molecule has 0 saturated carbocycles. The van der Waals surface area contributed by atoms with Crippen molar-refractivity contribution in [3.8, 4) is 0 Å². The van der Waals surface area contributed by atoms with Crippen LogP contribution >= 0.6 is 0 Å². The lowest BCUT2D eigenvalue weighted by atomic mass is 9.90. The van der Waals surface area contributed by atoms with E-state index in [0.717, 1.165) is 12.5 Å². The quantitative estimate of drug-likeness (QED) is 0.884. The van der Waals surface area contributed by atoms with E-state index < -0.39 is 0 Å². The minimum absolute atomic E-state index is 0.642. The summed E-state index contributed by atoms with van der Waals surface area (Å²) in [4.78, 5) is 7.02. The summed E-state index contributed by atoms with van der Waals surface area (Å²) < 4.78 is 0. The number of aromatic nitrogens is 1. The minimum Gasteiger partial charge on any atom is -0.317 e. The molecule has 1 unspecified atom stereocenters. The van der Waals surface area contributed by atoms with Crippen LogP contribution in [0.5, 0.6) is 0 Å². The molecule has 1 saturated heterocycles. The Balaban J connectivity index is 1.86. The Bertz CT molecular complexity index is 370. The number of hydrogen-bond acceptors (Lipinski definition) is 3. The van der Waals surface area contributed by atoms with Crippen LogP contribution in [-0.4, -0.2) is 36.1 Å². The number of piperidine rings is 1. The van der Waals surface area contributed by atoms with Gasteiger partial charge in [0.25, 0.3) is 0 Å². The lowest BCUT2D eigenvalue weighted by Gasteiger charge is -2.34. The first-order chi connectivity index (χ1) is 8.70. The Morgan fingerprint density at radius 1 is 1.44 bits per heavy atom. The van der Waals surface area contributed by atoms with Crippen LogP contribution in [0.25, 0.3) is 0 Å². The standard InChI is InChI=1S/C15H25N3/c1-12-5-4-8-17-15(12)11-18-9-6-14(7-10-18)13(2)16-3/h4-5,8,13-14,16H,6-7,9-11H2,1-3H3. The Kier molecular flexibility index (Phi) is 4.72. The van der Waals surface area contributed by atoms with Crippen LogP contribution in [0.15, 0.2) is 18.3 Å². The van der Waals surface area contributed by atoms with Crippen LogP contribution in [0.1, 0.15) is 31.0 Å². The highest BCUT2D eigenvalue weighted by atomic mass is 15.1. The number of nitrogens with one attached hydrogen (secondary N) is 1. The van der Waals surface area contributed by atoms with E-state index in [2.05, 4.69) is 42.2 Å². The van der Waals surface area contributed by atoms with Crippen molar-refractivity contribution in [1.29, 1.82) is 0 Å². The molecule has 2 rings (SSSR count). The first kappa shape index (κ1) is 13.5. The highest BCUT2D eigenvalue weighted by Crippen LogP contribution is 2.21. The summed E-state index contributed by atoms with van der Waals surface area (Å²) in [7, 11) is 2.06. The number of rotatable bonds is 4. The SMILES string of the molecule is CNC(C)C1CCN(Cc2ncccc2C)CC1. The molecule has 1 aromatic heterocycles. The van der Waals surface area contributed by atoms with Crippen LogP contribution in [0.4, 0.5) is 0 Å². The van der Waals surface area contributed by atoms with Gasteiger partial charge in [-0.2, -0.15) is 0 Å². The normalized spacial score (nSPS) is 19.9. The summed E-state index contributed by atoms with van der Waals surface area (Å²) in [6, 6.07) is 4.81. The van der Waals surface area contributed by atoms with Gasteiger partial charge in [-0.1, -0.05) is 6.07 Å². The Morgan fingerprint density at radius 2 is 2.17 bits per heavy atom. The molecule has 1 aromatic rings. The highest BCUT2D eigenvalue weighted by Gasteiger charge is 2.23. The summed E-state index contributed by atoms with van der Waals surface area (Å²) in [5, 5.41) is 3.38. The molecular formula is C15H25N3. The summed E-state index contributed by atoms with van der Waals surface area (Å²) >= 11 is 0. The van der Waals surface area contributed by atoms with Crippen LogP contribution in [-0.2, 0) is 6.54 Å². The van der Waals surface area contributed by atoms with Gasteiger partial charge in [0.2, 0.25) is 0 Å². The lowest BCUT2D eigenvalue weighted by Crippen LogP contribution is -2.40. The topological polar surface area (TPSA) is 28.2 Å². The second-order valence-electron chi connectivity index (χ2n) is 5.46. The molecule has 3 nitrogen and oxygen atoms in total. The zero-order valence-electron chi connectivity index (χ0n) is 11.8. The molecule has 0 amide bonds. The summed E-state index contributed by atoms with van der Waals surface area (Å²) in [6.45, 7) is 7.86. The summed E-state index contributed by atoms with van der Waals surface area (Å²) in [5.41, 5.74) is 2.54. The fourth-order valence-electron chi connectivity index (χ4n) is 2.74. The van der Waals surface area contributed by atoms with Crippen molar-refractivity contribution in [3.63, 3.8) is 0 Å². The number of nitrogens with zero attached hydrogens (tertiary/aromatic N) is 2. The Labute approximate surface area is 111 Å². The molecule has 1 N–H and O–H groups in total. The van der Waals surface area contributed by atoms with E-state index in [1.165, 1.54) is 37.2 Å². The maximum absolute atomic E-state index is 4.49. The van der Waals surface area contributed by atoms with Gasteiger partial charge in [0.15, 0.2) is 0 Å². The molecule has 18 heavy (non-hydrogen) atoms. The van der Waals surface area contributed by atoms with Crippen LogP contribution in [0.3, 0.4) is 0 Å². The Hall–Kier alpha value is -0.930. The van der Waals surface area contributed by atoms with Gasteiger partial charge in [0.05, 0.1) is 5.69 Å². The highest BCUT2D eigenvalue weighted by molar-refractivity contribution is 5.17. The van der Waals surface area contributed by atoms with Gasteiger partial charge in [-0.25, -0.2) is 0 Å². The number of aryl methyl sites for hydroxylation is 1. The van der Waals surface area contributed by atoms with Crippen molar-refractivity contribution in [3.05, 3.63) is 29.6 Å². The van der Waals surface area contributed by atoms with E-state index in [9.17, 15) is 0 Å². The zero-order chi connectivity index (χ0) is 13.0. The van der Waals surface area contributed by atoms with Crippen molar-refractivity contribution in [2.75, 3.05) is 20.1 Å². The molecule has 1 atom stereocenters. The molecule has 0 aliphatic carbocycles. The van der Waals surface area contributed by atoms with Gasteiger partial charge in [-0.3, -0.25) is 9.88 Å². The molecule has 0 aromatic carbocycles. The molecule has 0 bridgehead atoms. The molecule has 1 aliphatic heterocycles. The van der Waals surface area contributed by atoms with E-state index in [1.54, 1.807) is 0 Å². The smallest absolute Gasteiger partial charge is 0.0573 e. The number of hydrogen-bond donors (Lipinski definition) is 1. The largest absolute Gasteiger partial charge is 0.317 e. The minimum atomic E-state index is 0.642. The van der Waals surface area contributed by atoms with Gasteiger partial charge >= 0.3 is 0 Å². The van der Waals surface area contributed by atoms with E-state index in [0.29, 0.717) is 6.04 Å². The third kappa shape index (κ3) is 3.30. The molecule has 3 heteroatoms. The molecule has 0 spiro atoms. The van der Waals surface area contributed by atoms with Gasteiger partial charge < -0.3 is 5.32 Å². The van der Waals surface area contributed by atoms with Crippen molar-refractivity contribution in [2.24, 2.45) is 5.92 Å². The van der Waals surface area contributed by atoms with E-state index in [1.807, 2.05) is 12.3 Å². The fourth-order valence-corrected chi connectivity index (χ4v) is 2.74. The molecule has 0 radical (unpaired) electrons. The second kappa shape index (κ2) is 6.30. The predicted molar refractivity (Wildman–Crippen MR) is 75.5 cm³/mol. The number of likely N-dealkylation sites (tertiary alicyclic amines) is 1. The molecular weight excluding hydrogens is 222 g/mol. The van der Waals surface area contributed by atoms with Crippen LogP contribution in [0.2, 0.25) is 0 Å². The monoisotopic (exact) mass is 247 g/mol. The van der Waals surface area contributed by atoms with Crippen molar-refractivity contribution < 1.29 is 0 Å². The molecule has 100 valence electrons.